The smallest absolute Gasteiger partial charge is 0.313 e. The molecule has 0 spiro atoms. The standard InChI is InChI=1S/C18H25N11O5S3/c19-1-3-29-17(24-26-27-29)37-8-18(15(32)33)6-28-13(31)11(14(28)36-7-18)23-12(30)10(25-34-4-2-20)9-5-35-16(21)22-9/h5,11,14H,1-4,6-8,19-20H2,(H2,21,22)(H,23,30)(H,32,33)/t11?,14-,18?/m1/s1. The van der Waals surface area contributed by atoms with Crippen molar-refractivity contribution in [2.24, 2.45) is 22.0 Å². The van der Waals surface area contributed by atoms with Gasteiger partial charge in [-0.05, 0) is 10.4 Å². The van der Waals surface area contributed by atoms with Crippen LogP contribution >= 0.6 is 34.9 Å². The second-order valence-electron chi connectivity index (χ2n) is 8.10. The normalized spacial score (nSPS) is 23.4. The lowest BCUT2D eigenvalue weighted by molar-refractivity contribution is -0.157. The quantitative estimate of drug-likeness (QED) is 0.0587. The van der Waals surface area contributed by atoms with Crippen LogP contribution in [0.15, 0.2) is 15.7 Å². The number of thioether (sulfide) groups is 2. The third-order valence-electron chi connectivity index (χ3n) is 5.55. The molecular weight excluding hydrogens is 546 g/mol. The van der Waals surface area contributed by atoms with Crippen LogP contribution in [0.25, 0.3) is 0 Å². The van der Waals surface area contributed by atoms with Crippen LogP contribution in [0.1, 0.15) is 5.69 Å². The lowest BCUT2D eigenvalue weighted by Crippen LogP contribution is -2.74. The van der Waals surface area contributed by atoms with E-state index in [0.717, 1.165) is 11.3 Å². The number of hydrogen-bond donors (Lipinski definition) is 5. The number of anilines is 1. The molecule has 19 heteroatoms. The number of aromatic nitrogens is 5. The van der Waals surface area contributed by atoms with E-state index >= 15 is 0 Å². The predicted molar refractivity (Wildman–Crippen MR) is 136 cm³/mol. The molecule has 16 nitrogen and oxygen atoms in total. The van der Waals surface area contributed by atoms with E-state index in [2.05, 4.69) is 31.0 Å². The fourth-order valence-electron chi connectivity index (χ4n) is 3.64. The summed E-state index contributed by atoms with van der Waals surface area (Å²) in [6.45, 7) is 0.988. The number of fused-ring (bicyclic) bond motifs is 1. The molecule has 2 amide bonds. The number of thiazole rings is 1. The number of carbonyl (C=O) groups is 3. The molecule has 0 bridgehead atoms. The molecular formula is C18H25N11O5S3. The Morgan fingerprint density at radius 3 is 2.86 bits per heavy atom. The van der Waals surface area contributed by atoms with E-state index in [1.807, 2.05) is 0 Å². The van der Waals surface area contributed by atoms with E-state index in [0.29, 0.717) is 18.2 Å². The van der Waals surface area contributed by atoms with Crippen molar-refractivity contribution in [3.63, 3.8) is 0 Å². The first-order chi connectivity index (χ1) is 17.8. The molecule has 0 aromatic carbocycles. The molecule has 2 unspecified atom stereocenters. The van der Waals surface area contributed by atoms with E-state index in [1.54, 1.807) is 5.38 Å². The summed E-state index contributed by atoms with van der Waals surface area (Å²) in [6, 6.07) is -0.857. The molecule has 4 heterocycles. The van der Waals surface area contributed by atoms with E-state index in [4.69, 9.17) is 22.0 Å². The van der Waals surface area contributed by atoms with Crippen molar-refractivity contribution < 1.29 is 24.3 Å². The fraction of sp³-hybridized carbons (Fsp3) is 0.556. The molecule has 4 rings (SSSR count). The van der Waals surface area contributed by atoms with E-state index in [1.165, 1.54) is 33.1 Å². The highest BCUT2D eigenvalue weighted by molar-refractivity contribution is 8.00. The van der Waals surface area contributed by atoms with Gasteiger partial charge in [-0.3, -0.25) is 14.4 Å². The molecule has 200 valence electrons. The van der Waals surface area contributed by atoms with Crippen LogP contribution in [-0.2, 0) is 25.8 Å². The van der Waals surface area contributed by atoms with Gasteiger partial charge in [-0.25, -0.2) is 9.67 Å². The van der Waals surface area contributed by atoms with Gasteiger partial charge < -0.3 is 37.4 Å². The van der Waals surface area contributed by atoms with Crippen molar-refractivity contribution in [1.82, 2.24) is 35.4 Å². The highest BCUT2D eigenvalue weighted by Gasteiger charge is 2.57. The Bertz CT molecular complexity index is 1190. The van der Waals surface area contributed by atoms with Crippen molar-refractivity contribution in [2.75, 3.05) is 43.5 Å². The van der Waals surface area contributed by atoms with Gasteiger partial charge in [0.1, 0.15) is 29.1 Å². The number of rotatable bonds is 12. The van der Waals surface area contributed by atoms with Crippen LogP contribution in [0.3, 0.4) is 0 Å². The Labute approximate surface area is 222 Å². The van der Waals surface area contributed by atoms with Crippen molar-refractivity contribution in [3.05, 3.63) is 11.1 Å². The van der Waals surface area contributed by atoms with E-state index in [-0.39, 0.29) is 47.7 Å². The van der Waals surface area contributed by atoms with Crippen molar-refractivity contribution in [2.45, 2.75) is 23.1 Å². The summed E-state index contributed by atoms with van der Waals surface area (Å²) < 4.78 is 1.51. The molecule has 2 aromatic heterocycles. The van der Waals surface area contributed by atoms with Crippen molar-refractivity contribution in [3.8, 4) is 0 Å². The minimum Gasteiger partial charge on any atom is -0.481 e. The Balaban J connectivity index is 1.42. The second kappa shape index (κ2) is 11.6. The minimum atomic E-state index is -1.23. The largest absolute Gasteiger partial charge is 0.481 e. The summed E-state index contributed by atoms with van der Waals surface area (Å²) in [5, 5.41) is 29.7. The lowest BCUT2D eigenvalue weighted by atomic mass is 9.89. The van der Waals surface area contributed by atoms with Gasteiger partial charge in [-0.15, -0.1) is 28.2 Å². The zero-order valence-corrected chi connectivity index (χ0v) is 21.8. The van der Waals surface area contributed by atoms with Gasteiger partial charge in [-0.2, -0.15) is 0 Å². The summed E-state index contributed by atoms with van der Waals surface area (Å²) in [5.41, 5.74) is 15.5. The SMILES string of the molecule is NCCON=C(C(=O)NC1C(=O)N2CC(CSc3nnnn3CCN)(C(=O)O)CS[C@H]12)c1csc(N)n1. The number of carboxylic acids is 1. The first-order valence-electron chi connectivity index (χ1n) is 11.0. The summed E-state index contributed by atoms with van der Waals surface area (Å²) in [7, 11) is 0. The minimum absolute atomic E-state index is 0.0141. The number of hydrogen-bond acceptors (Lipinski definition) is 15. The van der Waals surface area contributed by atoms with Gasteiger partial charge in [-0.1, -0.05) is 16.9 Å². The Hall–Kier alpha value is -3.00. The molecule has 0 saturated carbocycles. The van der Waals surface area contributed by atoms with Gasteiger partial charge in [0.2, 0.25) is 11.1 Å². The van der Waals surface area contributed by atoms with Crippen LogP contribution in [-0.4, -0.2) is 108 Å². The van der Waals surface area contributed by atoms with Gasteiger partial charge in [0.25, 0.3) is 5.91 Å². The van der Waals surface area contributed by atoms with Gasteiger partial charge in [0, 0.05) is 36.5 Å². The van der Waals surface area contributed by atoms with Crippen molar-refractivity contribution >= 4 is 63.5 Å². The molecule has 0 aliphatic carbocycles. The first kappa shape index (κ1) is 27.0. The molecule has 37 heavy (non-hydrogen) atoms. The number of oxime groups is 1. The van der Waals surface area contributed by atoms with Crippen LogP contribution in [0.4, 0.5) is 5.13 Å². The van der Waals surface area contributed by atoms with E-state index < -0.39 is 34.6 Å². The molecule has 2 saturated heterocycles. The third kappa shape index (κ3) is 5.64. The Morgan fingerprint density at radius 2 is 2.19 bits per heavy atom. The summed E-state index contributed by atoms with van der Waals surface area (Å²) in [6.07, 6.45) is 0. The number of carbonyl (C=O) groups excluding carboxylic acids is 2. The number of aliphatic carboxylic acids is 1. The zero-order valence-electron chi connectivity index (χ0n) is 19.3. The van der Waals surface area contributed by atoms with Crippen LogP contribution in [0, 0.1) is 5.41 Å². The summed E-state index contributed by atoms with van der Waals surface area (Å²) in [4.78, 5) is 48.8. The number of nitrogens with zero attached hydrogens (tertiary/aromatic N) is 7. The third-order valence-corrected chi connectivity index (χ3v) is 9.06. The van der Waals surface area contributed by atoms with Crippen LogP contribution in [0.2, 0.25) is 0 Å². The summed E-state index contributed by atoms with van der Waals surface area (Å²) in [5.74, 6) is -1.73. The van der Waals surface area contributed by atoms with E-state index in [9.17, 15) is 19.5 Å². The number of carboxylic acid groups (broad SMARTS) is 1. The zero-order chi connectivity index (χ0) is 26.6. The predicted octanol–water partition coefficient (Wildman–Crippen LogP) is -2.39. The number of tetrazole rings is 1. The van der Waals surface area contributed by atoms with Gasteiger partial charge >= 0.3 is 5.97 Å². The molecule has 0 radical (unpaired) electrons. The number of nitrogens with one attached hydrogen (secondary N) is 1. The van der Waals surface area contributed by atoms with Crippen molar-refractivity contribution in [1.29, 1.82) is 0 Å². The van der Waals surface area contributed by atoms with Crippen LogP contribution < -0.4 is 22.5 Å². The molecule has 2 fully saturated rings. The number of β-lactam (4-membered cyclic amide) rings is 1. The Morgan fingerprint density at radius 1 is 1.38 bits per heavy atom. The van der Waals surface area contributed by atoms with Gasteiger partial charge in [0.15, 0.2) is 10.8 Å². The lowest BCUT2D eigenvalue weighted by Gasteiger charge is -2.53. The molecule has 8 N–H and O–H groups in total. The first-order valence-corrected chi connectivity index (χ1v) is 13.9. The molecule has 2 aliphatic heterocycles. The fourth-order valence-corrected chi connectivity index (χ4v) is 6.96. The Kier molecular flexibility index (Phi) is 8.47. The average molecular weight is 572 g/mol. The van der Waals surface area contributed by atoms with Crippen LogP contribution in [0.5, 0.6) is 0 Å². The monoisotopic (exact) mass is 571 g/mol. The average Bonchev–Trinajstić information content (AvgIpc) is 3.52. The number of nitrogens with two attached hydrogens (primary N) is 3. The number of amides is 2. The number of nitrogen functional groups attached to an aromatic ring is 1. The maximum atomic E-state index is 13.0. The molecule has 3 atom stereocenters. The summed E-state index contributed by atoms with van der Waals surface area (Å²) >= 11 is 3.60. The second-order valence-corrected chi connectivity index (χ2v) is 11.0. The maximum absolute atomic E-state index is 13.0. The molecule has 2 aromatic rings. The van der Waals surface area contributed by atoms with Gasteiger partial charge in [0.05, 0.1) is 6.54 Å². The highest BCUT2D eigenvalue weighted by Crippen LogP contribution is 2.44. The topological polar surface area (TPSA) is 243 Å². The highest BCUT2D eigenvalue weighted by atomic mass is 32.2. The molecule has 2 aliphatic rings. The maximum Gasteiger partial charge on any atom is 0.313 e.